The maximum absolute atomic E-state index is 12.5. The Morgan fingerprint density at radius 3 is 2.34 bits per heavy atom. The van der Waals surface area contributed by atoms with Crippen molar-refractivity contribution in [1.82, 2.24) is 5.32 Å². The second-order valence-electron chi connectivity index (χ2n) is 6.92. The summed E-state index contributed by atoms with van der Waals surface area (Å²) in [4.78, 5) is 23.0. The lowest BCUT2D eigenvalue weighted by molar-refractivity contribution is -0.384. The van der Waals surface area contributed by atoms with E-state index < -0.39 is 27.4 Å². The van der Waals surface area contributed by atoms with Crippen molar-refractivity contribution in [3.05, 3.63) is 57.6 Å². The third-order valence-corrected chi connectivity index (χ3v) is 5.58. The average molecular weight is 466 g/mol. The quantitative estimate of drug-likeness (QED) is 0.399. The zero-order valence-electron chi connectivity index (χ0n) is 18.5. The van der Waals surface area contributed by atoms with E-state index in [-0.39, 0.29) is 17.9 Å². The molecule has 2 aromatic rings. The lowest BCUT2D eigenvalue weighted by Crippen LogP contribution is -2.40. The molecule has 0 bridgehead atoms. The number of amides is 1. The maximum Gasteiger partial charge on any atom is 0.271 e. The minimum atomic E-state index is -3.87. The van der Waals surface area contributed by atoms with E-state index in [1.807, 2.05) is 13.8 Å². The molecule has 0 aromatic heterocycles. The van der Waals surface area contributed by atoms with Gasteiger partial charge in [0.2, 0.25) is 15.9 Å². The van der Waals surface area contributed by atoms with Crippen molar-refractivity contribution in [2.24, 2.45) is 0 Å². The number of ether oxygens (including phenoxy) is 2. The summed E-state index contributed by atoms with van der Waals surface area (Å²) in [6.07, 6.45) is 0.944. The highest BCUT2D eigenvalue weighted by atomic mass is 32.2. The highest BCUT2D eigenvalue weighted by molar-refractivity contribution is 7.92. The van der Waals surface area contributed by atoms with E-state index in [9.17, 15) is 23.3 Å². The van der Waals surface area contributed by atoms with Crippen molar-refractivity contribution in [3.8, 4) is 11.5 Å². The molecule has 32 heavy (non-hydrogen) atoms. The number of nitro groups is 1. The van der Waals surface area contributed by atoms with Crippen molar-refractivity contribution in [2.75, 3.05) is 30.3 Å². The second-order valence-corrected chi connectivity index (χ2v) is 8.83. The number of nitro benzene ring substituents is 1. The zero-order valence-corrected chi connectivity index (χ0v) is 19.3. The summed E-state index contributed by atoms with van der Waals surface area (Å²) < 4.78 is 36.6. The highest BCUT2D eigenvalue weighted by Crippen LogP contribution is 2.29. The molecule has 0 spiro atoms. The van der Waals surface area contributed by atoms with E-state index in [0.717, 1.165) is 22.2 Å². The number of carbonyl (C=O) groups is 1. The molecule has 2 aromatic carbocycles. The summed E-state index contributed by atoms with van der Waals surface area (Å²) in [5, 5.41) is 13.8. The summed E-state index contributed by atoms with van der Waals surface area (Å²) in [5.41, 5.74) is 1.04. The number of rotatable bonds is 11. The first-order chi connectivity index (χ1) is 15.1. The van der Waals surface area contributed by atoms with Gasteiger partial charge in [-0.1, -0.05) is 12.1 Å². The van der Waals surface area contributed by atoms with Crippen molar-refractivity contribution in [2.45, 2.75) is 27.3 Å². The van der Waals surface area contributed by atoms with E-state index in [4.69, 9.17) is 9.47 Å². The average Bonchev–Trinajstić information content (AvgIpc) is 2.72. The van der Waals surface area contributed by atoms with Gasteiger partial charge in [0, 0.05) is 18.7 Å². The fraction of sp³-hybridized carbons (Fsp3) is 0.381. The Balaban J connectivity index is 2.18. The number of hydrogen-bond acceptors (Lipinski definition) is 7. The van der Waals surface area contributed by atoms with Gasteiger partial charge in [0.25, 0.3) is 5.69 Å². The van der Waals surface area contributed by atoms with Crippen LogP contribution in [0.15, 0.2) is 36.4 Å². The Morgan fingerprint density at radius 2 is 1.75 bits per heavy atom. The molecule has 1 N–H and O–H groups in total. The van der Waals surface area contributed by atoms with E-state index in [0.29, 0.717) is 30.3 Å². The van der Waals surface area contributed by atoms with Gasteiger partial charge in [-0.05, 0) is 44.0 Å². The van der Waals surface area contributed by atoms with Gasteiger partial charge >= 0.3 is 0 Å². The van der Waals surface area contributed by atoms with Gasteiger partial charge in [0.05, 0.1) is 30.1 Å². The van der Waals surface area contributed by atoms with Crippen LogP contribution in [0, 0.1) is 17.0 Å². The van der Waals surface area contributed by atoms with E-state index in [2.05, 4.69) is 5.32 Å². The van der Waals surface area contributed by atoms with E-state index in [1.54, 1.807) is 25.1 Å². The molecular weight excluding hydrogens is 438 g/mol. The molecule has 0 saturated carbocycles. The fourth-order valence-corrected chi connectivity index (χ4v) is 3.86. The molecule has 0 heterocycles. The summed E-state index contributed by atoms with van der Waals surface area (Å²) >= 11 is 0. The number of anilines is 1. The lowest BCUT2D eigenvalue weighted by atomic mass is 10.2. The first kappa shape index (κ1) is 24.9. The third-order valence-electron chi connectivity index (χ3n) is 4.46. The minimum Gasteiger partial charge on any atom is -0.490 e. The number of nitrogens with zero attached hydrogens (tertiary/aromatic N) is 2. The first-order valence-corrected chi connectivity index (χ1v) is 11.8. The van der Waals surface area contributed by atoms with Gasteiger partial charge < -0.3 is 14.8 Å². The summed E-state index contributed by atoms with van der Waals surface area (Å²) in [6.45, 7) is 5.87. The molecule has 0 radical (unpaired) electrons. The molecule has 174 valence electrons. The summed E-state index contributed by atoms with van der Waals surface area (Å²) in [7, 11) is -3.87. The smallest absolute Gasteiger partial charge is 0.271 e. The van der Waals surface area contributed by atoms with Crippen molar-refractivity contribution in [3.63, 3.8) is 0 Å². The number of benzene rings is 2. The maximum atomic E-state index is 12.5. The van der Waals surface area contributed by atoms with Crippen molar-refractivity contribution >= 4 is 27.3 Å². The van der Waals surface area contributed by atoms with Crippen molar-refractivity contribution in [1.29, 1.82) is 0 Å². The van der Waals surface area contributed by atoms with Crippen LogP contribution in [0.25, 0.3) is 0 Å². The standard InChI is InChI=1S/C21H27N3O7S/c1-5-30-19-10-8-16(11-20(19)31-6-2)13-22-21(25)14-23(32(4,28)29)18-12-17(24(26)27)9-7-15(18)3/h7-12H,5-6,13-14H2,1-4H3,(H,22,25). The number of non-ortho nitro benzene ring substituents is 1. The number of aryl methyl sites for hydroxylation is 1. The minimum absolute atomic E-state index is 0.0801. The van der Waals surface area contributed by atoms with Crippen LogP contribution in [0.4, 0.5) is 11.4 Å². The molecule has 0 atom stereocenters. The number of carbonyl (C=O) groups excluding carboxylic acids is 1. The third kappa shape index (κ3) is 6.58. The topological polar surface area (TPSA) is 128 Å². The van der Waals surface area contributed by atoms with Crippen LogP contribution in [0.2, 0.25) is 0 Å². The highest BCUT2D eigenvalue weighted by Gasteiger charge is 2.24. The van der Waals surface area contributed by atoms with E-state index in [1.165, 1.54) is 12.1 Å². The Hall–Kier alpha value is -3.34. The monoisotopic (exact) mass is 465 g/mol. The molecule has 1 amide bonds. The molecule has 10 nitrogen and oxygen atoms in total. The van der Waals surface area contributed by atoms with E-state index >= 15 is 0 Å². The molecule has 0 aliphatic heterocycles. The predicted molar refractivity (Wildman–Crippen MR) is 121 cm³/mol. The molecule has 0 aliphatic rings. The normalized spacial score (nSPS) is 11.0. The van der Waals surface area contributed by atoms with Gasteiger partial charge in [-0.25, -0.2) is 8.42 Å². The fourth-order valence-electron chi connectivity index (χ4n) is 2.95. The van der Waals surface area contributed by atoms with Gasteiger partial charge in [-0.15, -0.1) is 0 Å². The Morgan fingerprint density at radius 1 is 1.09 bits per heavy atom. The van der Waals surface area contributed by atoms with Gasteiger partial charge in [-0.2, -0.15) is 0 Å². The number of sulfonamides is 1. The van der Waals surface area contributed by atoms with Crippen molar-refractivity contribution < 1.29 is 27.6 Å². The molecule has 2 rings (SSSR count). The van der Waals surface area contributed by atoms with Crippen LogP contribution >= 0.6 is 0 Å². The zero-order chi connectivity index (χ0) is 23.9. The second kappa shape index (κ2) is 10.8. The molecule has 0 saturated heterocycles. The molecule has 0 aliphatic carbocycles. The van der Waals surface area contributed by atoms with Gasteiger partial charge in [0.1, 0.15) is 6.54 Å². The van der Waals surface area contributed by atoms with Crippen LogP contribution in [0.5, 0.6) is 11.5 Å². The Labute approximate surface area is 187 Å². The molecule has 0 fully saturated rings. The van der Waals surface area contributed by atoms with Crippen LogP contribution in [-0.2, 0) is 21.4 Å². The SMILES string of the molecule is CCOc1ccc(CNC(=O)CN(c2cc([N+](=O)[O-])ccc2C)S(C)(=O)=O)cc1OCC. The first-order valence-electron chi connectivity index (χ1n) is 9.94. The lowest BCUT2D eigenvalue weighted by Gasteiger charge is -2.23. The number of nitrogens with one attached hydrogen (secondary N) is 1. The van der Waals surface area contributed by atoms with Crippen LogP contribution in [-0.4, -0.2) is 45.3 Å². The largest absolute Gasteiger partial charge is 0.490 e. The van der Waals surface area contributed by atoms with Crippen LogP contribution in [0.3, 0.4) is 0 Å². The Kier molecular flexibility index (Phi) is 8.41. The molecule has 0 unspecified atom stereocenters. The van der Waals surface area contributed by atoms with Gasteiger partial charge in [-0.3, -0.25) is 19.2 Å². The number of hydrogen-bond donors (Lipinski definition) is 1. The Bertz CT molecular complexity index is 1090. The van der Waals surface area contributed by atoms with Gasteiger partial charge in [0.15, 0.2) is 11.5 Å². The predicted octanol–water partition coefficient (Wildman–Crippen LogP) is 2.78. The molecule has 11 heteroatoms. The van der Waals surface area contributed by atoms with Crippen LogP contribution < -0.4 is 19.1 Å². The summed E-state index contributed by atoms with van der Waals surface area (Å²) in [5.74, 6) is 0.577. The summed E-state index contributed by atoms with van der Waals surface area (Å²) in [6, 6.07) is 9.12. The molecular formula is C21H27N3O7S. The van der Waals surface area contributed by atoms with Crippen LogP contribution in [0.1, 0.15) is 25.0 Å².